The molecule has 0 aromatic rings. The highest BCUT2D eigenvalue weighted by Gasteiger charge is 2.75. The van der Waals surface area contributed by atoms with Gasteiger partial charge in [0.1, 0.15) is 5.78 Å². The number of hydrogen-bond donors (Lipinski definition) is 1. The number of carbonyl (C=O) groups excluding carboxylic acids is 1. The number of ketones is 1. The van der Waals surface area contributed by atoms with Crippen LogP contribution < -0.4 is 0 Å². The van der Waals surface area contributed by atoms with E-state index < -0.39 is 36.1 Å². The van der Waals surface area contributed by atoms with Gasteiger partial charge in [0.15, 0.2) is 0 Å². The molecule has 0 aliphatic heterocycles. The summed E-state index contributed by atoms with van der Waals surface area (Å²) in [4.78, 5) is 11.0. The zero-order valence-corrected chi connectivity index (χ0v) is 7.82. The highest BCUT2D eigenvalue weighted by Crippen LogP contribution is 2.51. The molecule has 1 fully saturated rings. The molecular weight excluding hydrogens is 242 g/mol. The van der Waals surface area contributed by atoms with Gasteiger partial charge in [-0.25, -0.2) is 0 Å². The summed E-state index contributed by atoms with van der Waals surface area (Å²) in [5.41, 5.74) is -4.92. The average molecular weight is 250 g/mol. The van der Waals surface area contributed by atoms with Crippen LogP contribution in [0.15, 0.2) is 0 Å². The average Bonchev–Trinajstić information content (AvgIpc) is 2.46. The third-order valence-electron chi connectivity index (χ3n) is 2.67. The van der Waals surface area contributed by atoms with Crippen LogP contribution >= 0.6 is 0 Å². The van der Waals surface area contributed by atoms with E-state index in [0.717, 1.165) is 0 Å². The molecule has 1 N–H and O–H groups in total. The number of aliphatic hydroxyl groups is 1. The van der Waals surface area contributed by atoms with Crippen molar-refractivity contribution in [1.29, 1.82) is 0 Å². The fraction of sp³-hybridized carbons (Fsp3) is 0.875. The van der Waals surface area contributed by atoms with E-state index in [9.17, 15) is 31.1 Å². The highest BCUT2D eigenvalue weighted by molar-refractivity contribution is 5.84. The molecule has 0 heterocycles. The SMILES string of the molecule is O=C1CCC[C@@H]1C(O)(C(F)(F)F)C(F)(F)F. The van der Waals surface area contributed by atoms with Crippen LogP contribution in [0.5, 0.6) is 0 Å². The highest BCUT2D eigenvalue weighted by atomic mass is 19.4. The smallest absolute Gasteiger partial charge is 0.373 e. The Labute approximate surface area is 86.2 Å². The van der Waals surface area contributed by atoms with Crippen molar-refractivity contribution in [1.82, 2.24) is 0 Å². The van der Waals surface area contributed by atoms with E-state index in [4.69, 9.17) is 5.11 Å². The maximum Gasteiger partial charge on any atom is 0.427 e. The monoisotopic (exact) mass is 250 g/mol. The molecule has 0 spiro atoms. The molecule has 0 saturated heterocycles. The summed E-state index contributed by atoms with van der Waals surface area (Å²) in [6.07, 6.45) is -12.8. The second-order valence-electron chi connectivity index (χ2n) is 3.67. The Hall–Kier alpha value is -0.790. The van der Waals surface area contributed by atoms with Gasteiger partial charge >= 0.3 is 12.4 Å². The molecule has 0 aromatic carbocycles. The Morgan fingerprint density at radius 1 is 1.06 bits per heavy atom. The Morgan fingerprint density at radius 3 is 1.75 bits per heavy atom. The van der Waals surface area contributed by atoms with Gasteiger partial charge in [-0.2, -0.15) is 26.3 Å². The first kappa shape index (κ1) is 13.3. The van der Waals surface area contributed by atoms with Crippen LogP contribution in [0.3, 0.4) is 0 Å². The molecule has 94 valence electrons. The fourth-order valence-corrected chi connectivity index (χ4v) is 1.81. The number of rotatable bonds is 1. The second kappa shape index (κ2) is 3.61. The number of Topliss-reactive ketones (excluding diaryl/α,β-unsaturated/α-hetero) is 1. The summed E-state index contributed by atoms with van der Waals surface area (Å²) in [6.45, 7) is 0. The molecule has 1 rings (SSSR count). The normalized spacial score (nSPS) is 23.9. The van der Waals surface area contributed by atoms with Gasteiger partial charge in [0, 0.05) is 6.42 Å². The van der Waals surface area contributed by atoms with Gasteiger partial charge in [0.05, 0.1) is 5.92 Å². The van der Waals surface area contributed by atoms with E-state index in [1.807, 2.05) is 0 Å². The minimum Gasteiger partial charge on any atom is -0.373 e. The van der Waals surface area contributed by atoms with E-state index in [-0.39, 0.29) is 12.8 Å². The molecule has 1 aliphatic carbocycles. The lowest BCUT2D eigenvalue weighted by Crippen LogP contribution is -2.62. The molecule has 1 saturated carbocycles. The van der Waals surface area contributed by atoms with Crippen molar-refractivity contribution in [2.75, 3.05) is 0 Å². The van der Waals surface area contributed by atoms with Gasteiger partial charge in [0.25, 0.3) is 5.60 Å². The summed E-state index contributed by atoms with van der Waals surface area (Å²) >= 11 is 0. The van der Waals surface area contributed by atoms with Crippen molar-refractivity contribution in [3.8, 4) is 0 Å². The molecule has 16 heavy (non-hydrogen) atoms. The Kier molecular flexibility index (Phi) is 3.00. The molecular formula is C8H8F6O2. The predicted molar refractivity (Wildman–Crippen MR) is 39.4 cm³/mol. The van der Waals surface area contributed by atoms with Crippen molar-refractivity contribution in [3.63, 3.8) is 0 Å². The van der Waals surface area contributed by atoms with Crippen molar-refractivity contribution in [2.24, 2.45) is 5.92 Å². The van der Waals surface area contributed by atoms with Crippen LogP contribution in [-0.2, 0) is 4.79 Å². The minimum absolute atomic E-state index is 0.0715. The summed E-state index contributed by atoms with van der Waals surface area (Å²) in [7, 11) is 0. The van der Waals surface area contributed by atoms with E-state index in [1.165, 1.54) is 0 Å². The molecule has 0 bridgehead atoms. The summed E-state index contributed by atoms with van der Waals surface area (Å²) in [6, 6.07) is 0. The first-order valence-electron chi connectivity index (χ1n) is 4.40. The van der Waals surface area contributed by atoms with Gasteiger partial charge in [-0.3, -0.25) is 4.79 Å². The van der Waals surface area contributed by atoms with Crippen LogP contribution in [0.4, 0.5) is 26.3 Å². The van der Waals surface area contributed by atoms with Gasteiger partial charge in [-0.1, -0.05) is 0 Å². The third-order valence-corrected chi connectivity index (χ3v) is 2.67. The van der Waals surface area contributed by atoms with Crippen LogP contribution in [0.1, 0.15) is 19.3 Å². The lowest BCUT2D eigenvalue weighted by Gasteiger charge is -2.36. The standard InChI is InChI=1S/C8H8F6O2/c9-7(10,11)6(16,8(12,13)14)4-2-1-3-5(4)15/h4,16H,1-3H2/t4-/m0/s1. The number of alkyl halides is 6. The van der Waals surface area contributed by atoms with Gasteiger partial charge in [-0.05, 0) is 12.8 Å². The Morgan fingerprint density at radius 2 is 1.50 bits per heavy atom. The molecule has 1 aliphatic rings. The van der Waals surface area contributed by atoms with Crippen molar-refractivity contribution in [2.45, 2.75) is 37.2 Å². The third kappa shape index (κ3) is 1.79. The Balaban J connectivity index is 3.20. The van der Waals surface area contributed by atoms with Gasteiger partial charge < -0.3 is 5.11 Å². The summed E-state index contributed by atoms with van der Waals surface area (Å²) in [5, 5.41) is 8.88. The van der Waals surface area contributed by atoms with Crippen molar-refractivity contribution >= 4 is 5.78 Å². The maximum atomic E-state index is 12.3. The van der Waals surface area contributed by atoms with Crippen molar-refractivity contribution < 1.29 is 36.2 Å². The molecule has 0 aromatic heterocycles. The zero-order valence-electron chi connectivity index (χ0n) is 7.82. The zero-order chi connectivity index (χ0) is 12.8. The van der Waals surface area contributed by atoms with Gasteiger partial charge in [0.2, 0.25) is 0 Å². The molecule has 0 amide bonds. The predicted octanol–water partition coefficient (Wildman–Crippen LogP) is 2.21. The Bertz CT molecular complexity index is 278. The number of carbonyl (C=O) groups is 1. The first-order chi connectivity index (χ1) is 7.02. The number of hydrogen-bond acceptors (Lipinski definition) is 2. The molecule has 8 heteroatoms. The fourth-order valence-electron chi connectivity index (χ4n) is 1.81. The summed E-state index contributed by atoms with van der Waals surface area (Å²) in [5.74, 6) is -3.63. The molecule has 1 atom stereocenters. The van der Waals surface area contributed by atoms with E-state index in [0.29, 0.717) is 0 Å². The van der Waals surface area contributed by atoms with Crippen molar-refractivity contribution in [3.05, 3.63) is 0 Å². The van der Waals surface area contributed by atoms with E-state index in [1.54, 1.807) is 0 Å². The van der Waals surface area contributed by atoms with Crippen LogP contribution in [0, 0.1) is 5.92 Å². The van der Waals surface area contributed by atoms with E-state index >= 15 is 0 Å². The maximum absolute atomic E-state index is 12.3. The number of halogens is 6. The molecule has 2 nitrogen and oxygen atoms in total. The van der Waals surface area contributed by atoms with Crippen LogP contribution in [0.25, 0.3) is 0 Å². The van der Waals surface area contributed by atoms with Crippen LogP contribution in [-0.4, -0.2) is 28.8 Å². The molecule has 0 unspecified atom stereocenters. The second-order valence-corrected chi connectivity index (χ2v) is 3.67. The van der Waals surface area contributed by atoms with Crippen LogP contribution in [0.2, 0.25) is 0 Å². The largest absolute Gasteiger partial charge is 0.427 e. The lowest BCUT2D eigenvalue weighted by molar-refractivity contribution is -0.380. The van der Waals surface area contributed by atoms with Gasteiger partial charge in [-0.15, -0.1) is 0 Å². The van der Waals surface area contributed by atoms with E-state index in [2.05, 4.69) is 0 Å². The lowest BCUT2D eigenvalue weighted by atomic mass is 9.84. The topological polar surface area (TPSA) is 37.3 Å². The minimum atomic E-state index is -5.91. The quantitative estimate of drug-likeness (QED) is 0.724. The first-order valence-corrected chi connectivity index (χ1v) is 4.40. The summed E-state index contributed by atoms with van der Waals surface area (Å²) < 4.78 is 73.8. The molecule has 0 radical (unpaired) electrons.